The third-order valence-corrected chi connectivity index (χ3v) is 6.20. The van der Waals surface area contributed by atoms with Crippen molar-refractivity contribution in [2.75, 3.05) is 17.6 Å². The summed E-state index contributed by atoms with van der Waals surface area (Å²) in [5.41, 5.74) is 6.78. The molecule has 0 saturated heterocycles. The smallest absolute Gasteiger partial charge is 0.243 e. The largest absolute Gasteiger partial charge is 0.346 e. The van der Waals surface area contributed by atoms with Crippen molar-refractivity contribution in [1.82, 2.24) is 14.9 Å². The Hall–Kier alpha value is -3.58. The number of anilines is 1. The average Bonchev–Trinajstić information content (AvgIpc) is 3.17. The Balaban J connectivity index is 1.39. The summed E-state index contributed by atoms with van der Waals surface area (Å²) < 4.78 is 2.04. The maximum Gasteiger partial charge on any atom is 0.243 e. The fourth-order valence-electron chi connectivity index (χ4n) is 3.85. The lowest BCUT2D eigenvalue weighted by atomic mass is 10.1. The Bertz CT molecular complexity index is 1290. The lowest BCUT2D eigenvalue weighted by Gasteiger charge is -2.13. The van der Waals surface area contributed by atoms with E-state index in [-0.39, 0.29) is 24.1 Å². The number of nitrogens with zero attached hydrogens (tertiary/aromatic N) is 2. The first kappa shape index (κ1) is 22.6. The highest BCUT2D eigenvalue weighted by atomic mass is 32.2. The van der Waals surface area contributed by atoms with Crippen LogP contribution >= 0.6 is 11.8 Å². The van der Waals surface area contributed by atoms with Crippen LogP contribution in [0, 0.1) is 20.8 Å². The molecule has 33 heavy (non-hydrogen) atoms. The van der Waals surface area contributed by atoms with Gasteiger partial charge in [0, 0.05) is 11.4 Å². The Morgan fingerprint density at radius 2 is 1.58 bits per heavy atom. The number of benzene rings is 3. The summed E-state index contributed by atoms with van der Waals surface area (Å²) in [6.07, 6.45) is 0. The monoisotopic (exact) mass is 458 g/mol. The number of amides is 2. The summed E-state index contributed by atoms with van der Waals surface area (Å²) in [6, 6.07) is 21.9. The predicted molar refractivity (Wildman–Crippen MR) is 134 cm³/mol. The molecule has 168 valence electrons. The molecule has 0 aliphatic heterocycles. The SMILES string of the molecule is Cc1cc(C)c(NC(=O)CNC(=O)CSc2nc3ccccc3n2-c2ccccc2)c(C)c1. The van der Waals surface area contributed by atoms with E-state index in [9.17, 15) is 9.59 Å². The molecule has 0 spiro atoms. The highest BCUT2D eigenvalue weighted by Gasteiger charge is 2.15. The van der Waals surface area contributed by atoms with Crippen LogP contribution in [-0.4, -0.2) is 33.7 Å². The van der Waals surface area contributed by atoms with Crippen molar-refractivity contribution in [3.05, 3.63) is 83.4 Å². The summed E-state index contributed by atoms with van der Waals surface area (Å²) in [5, 5.41) is 6.34. The predicted octanol–water partition coefficient (Wildman–Crippen LogP) is 4.80. The number of carbonyl (C=O) groups is 2. The van der Waals surface area contributed by atoms with Gasteiger partial charge in [-0.15, -0.1) is 0 Å². The van der Waals surface area contributed by atoms with E-state index in [2.05, 4.69) is 10.6 Å². The Kier molecular flexibility index (Phi) is 6.79. The van der Waals surface area contributed by atoms with E-state index in [1.54, 1.807) is 0 Å². The van der Waals surface area contributed by atoms with Gasteiger partial charge in [0.2, 0.25) is 11.8 Å². The molecule has 2 amide bonds. The molecule has 0 saturated carbocycles. The van der Waals surface area contributed by atoms with Crippen molar-refractivity contribution >= 4 is 40.3 Å². The number of thioether (sulfide) groups is 1. The number of para-hydroxylation sites is 3. The second-order valence-corrected chi connectivity index (χ2v) is 8.88. The van der Waals surface area contributed by atoms with Gasteiger partial charge in [0.15, 0.2) is 5.16 Å². The zero-order valence-electron chi connectivity index (χ0n) is 18.9. The minimum absolute atomic E-state index is 0.0821. The molecule has 7 heteroatoms. The van der Waals surface area contributed by atoms with E-state index in [0.29, 0.717) is 0 Å². The Morgan fingerprint density at radius 3 is 2.30 bits per heavy atom. The topological polar surface area (TPSA) is 76.0 Å². The van der Waals surface area contributed by atoms with Crippen molar-refractivity contribution in [3.8, 4) is 5.69 Å². The normalized spacial score (nSPS) is 10.9. The van der Waals surface area contributed by atoms with Gasteiger partial charge in [0.05, 0.1) is 23.3 Å². The van der Waals surface area contributed by atoms with Crippen LogP contribution in [0.25, 0.3) is 16.7 Å². The van der Waals surface area contributed by atoms with E-state index in [4.69, 9.17) is 4.98 Å². The van der Waals surface area contributed by atoms with Gasteiger partial charge < -0.3 is 10.6 Å². The van der Waals surface area contributed by atoms with Gasteiger partial charge in [-0.1, -0.05) is 59.8 Å². The molecule has 3 aromatic carbocycles. The molecule has 0 unspecified atom stereocenters. The van der Waals surface area contributed by atoms with E-state index in [0.717, 1.165) is 44.3 Å². The third-order valence-electron chi connectivity index (χ3n) is 5.26. The summed E-state index contributed by atoms with van der Waals surface area (Å²) in [4.78, 5) is 29.6. The summed E-state index contributed by atoms with van der Waals surface area (Å²) in [7, 11) is 0. The second-order valence-electron chi connectivity index (χ2n) is 7.94. The maximum absolute atomic E-state index is 12.5. The number of carbonyl (C=O) groups excluding carboxylic acids is 2. The fourth-order valence-corrected chi connectivity index (χ4v) is 4.71. The highest BCUT2D eigenvalue weighted by molar-refractivity contribution is 7.99. The summed E-state index contributed by atoms with van der Waals surface area (Å²) in [6.45, 7) is 5.87. The molecule has 0 fully saturated rings. The second kappa shape index (κ2) is 9.92. The molecule has 0 atom stereocenters. The molecule has 1 aromatic heterocycles. The number of hydrogen-bond donors (Lipinski definition) is 2. The van der Waals surface area contributed by atoms with Crippen molar-refractivity contribution in [1.29, 1.82) is 0 Å². The third kappa shape index (κ3) is 5.26. The van der Waals surface area contributed by atoms with Crippen molar-refractivity contribution in [2.24, 2.45) is 0 Å². The molecule has 4 rings (SSSR count). The van der Waals surface area contributed by atoms with Gasteiger partial charge in [0.1, 0.15) is 0 Å². The zero-order valence-corrected chi connectivity index (χ0v) is 19.7. The molecule has 4 aromatic rings. The zero-order chi connectivity index (χ0) is 23.4. The van der Waals surface area contributed by atoms with Crippen LogP contribution in [0.2, 0.25) is 0 Å². The lowest BCUT2D eigenvalue weighted by Crippen LogP contribution is -2.34. The molecule has 0 aliphatic rings. The van der Waals surface area contributed by atoms with Crippen LogP contribution in [0.1, 0.15) is 16.7 Å². The summed E-state index contributed by atoms with van der Waals surface area (Å²) in [5.74, 6) is -0.314. The molecule has 2 N–H and O–H groups in total. The summed E-state index contributed by atoms with van der Waals surface area (Å²) >= 11 is 1.35. The maximum atomic E-state index is 12.5. The van der Waals surface area contributed by atoms with Gasteiger partial charge in [-0.2, -0.15) is 0 Å². The minimum atomic E-state index is -0.250. The highest BCUT2D eigenvalue weighted by Crippen LogP contribution is 2.27. The Morgan fingerprint density at radius 1 is 0.909 bits per heavy atom. The molecule has 0 bridgehead atoms. The molecule has 6 nitrogen and oxygen atoms in total. The van der Waals surface area contributed by atoms with E-state index >= 15 is 0 Å². The molecule has 0 radical (unpaired) electrons. The van der Waals surface area contributed by atoms with Gasteiger partial charge in [-0.25, -0.2) is 4.98 Å². The van der Waals surface area contributed by atoms with Gasteiger partial charge in [0.25, 0.3) is 0 Å². The van der Waals surface area contributed by atoms with E-state index < -0.39 is 0 Å². The standard InChI is InChI=1S/C26H26N4O2S/c1-17-13-18(2)25(19(3)14-17)29-23(31)15-27-24(32)16-33-26-28-21-11-7-8-12-22(21)30(26)20-9-5-4-6-10-20/h4-14H,15-16H2,1-3H3,(H,27,32)(H,29,31). The first-order valence-corrected chi connectivity index (χ1v) is 11.7. The fraction of sp³-hybridized carbons (Fsp3) is 0.192. The van der Waals surface area contributed by atoms with Crippen LogP contribution < -0.4 is 10.6 Å². The van der Waals surface area contributed by atoms with Crippen LogP contribution in [0.15, 0.2) is 71.9 Å². The molecule has 0 aliphatic carbocycles. The molecular formula is C26H26N4O2S. The number of aromatic nitrogens is 2. The Labute approximate surface area is 197 Å². The van der Waals surface area contributed by atoms with Gasteiger partial charge >= 0.3 is 0 Å². The number of imidazole rings is 1. The number of fused-ring (bicyclic) bond motifs is 1. The minimum Gasteiger partial charge on any atom is -0.346 e. The number of hydrogen-bond acceptors (Lipinski definition) is 4. The van der Waals surface area contributed by atoms with Gasteiger partial charge in [-0.05, 0) is 56.2 Å². The van der Waals surface area contributed by atoms with Crippen LogP contribution in [0.5, 0.6) is 0 Å². The van der Waals surface area contributed by atoms with Crippen molar-refractivity contribution in [2.45, 2.75) is 25.9 Å². The number of aryl methyl sites for hydroxylation is 3. The lowest BCUT2D eigenvalue weighted by molar-refractivity contribution is -0.122. The molecular weight excluding hydrogens is 432 g/mol. The van der Waals surface area contributed by atoms with Gasteiger partial charge in [-0.3, -0.25) is 14.2 Å². The van der Waals surface area contributed by atoms with E-state index in [1.807, 2.05) is 92.1 Å². The molecule has 1 heterocycles. The quantitative estimate of drug-likeness (QED) is 0.390. The van der Waals surface area contributed by atoms with Crippen molar-refractivity contribution < 1.29 is 9.59 Å². The first-order chi connectivity index (χ1) is 15.9. The van der Waals surface area contributed by atoms with Crippen LogP contribution in [0.3, 0.4) is 0 Å². The van der Waals surface area contributed by atoms with E-state index in [1.165, 1.54) is 11.8 Å². The van der Waals surface area contributed by atoms with Crippen LogP contribution in [-0.2, 0) is 9.59 Å². The van der Waals surface area contributed by atoms with Crippen molar-refractivity contribution in [3.63, 3.8) is 0 Å². The number of rotatable bonds is 7. The average molecular weight is 459 g/mol. The van der Waals surface area contributed by atoms with Crippen LogP contribution in [0.4, 0.5) is 5.69 Å². The number of nitrogens with one attached hydrogen (secondary N) is 2. The first-order valence-electron chi connectivity index (χ1n) is 10.7.